The summed E-state index contributed by atoms with van der Waals surface area (Å²) in [6.45, 7) is 0.544. The molecule has 4 N–H and O–H groups in total. The summed E-state index contributed by atoms with van der Waals surface area (Å²) in [5.41, 5.74) is 11.6. The second-order valence-electron chi connectivity index (χ2n) is 3.93. The van der Waals surface area contributed by atoms with Crippen molar-refractivity contribution in [2.75, 3.05) is 13.7 Å². The van der Waals surface area contributed by atoms with Gasteiger partial charge in [0.15, 0.2) is 0 Å². The minimum absolute atomic E-state index is 0.0457. The Morgan fingerprint density at radius 1 is 1.47 bits per heavy atom. The Labute approximate surface area is 90.1 Å². The summed E-state index contributed by atoms with van der Waals surface area (Å²) in [4.78, 5) is 10.8. The number of hydrogen-bond donors (Lipinski definition) is 2. The molecule has 0 aromatic rings. The van der Waals surface area contributed by atoms with E-state index in [4.69, 9.17) is 16.2 Å². The second kappa shape index (κ2) is 6.05. The highest BCUT2D eigenvalue weighted by Crippen LogP contribution is 2.17. The molecule has 5 nitrogen and oxygen atoms in total. The summed E-state index contributed by atoms with van der Waals surface area (Å²) in [7, 11) is 1.40. The highest BCUT2D eigenvalue weighted by Gasteiger charge is 2.31. The largest absolute Gasteiger partial charge is 0.469 e. The van der Waals surface area contributed by atoms with Gasteiger partial charge in [-0.15, -0.1) is 0 Å². The molecule has 1 aliphatic rings. The molecule has 15 heavy (non-hydrogen) atoms. The Kier molecular flexibility index (Phi) is 5.01. The number of unbranched alkanes of at least 4 members (excludes halogenated alkanes) is 1. The van der Waals surface area contributed by atoms with Crippen LogP contribution in [0.1, 0.15) is 25.7 Å². The maximum atomic E-state index is 10.8. The van der Waals surface area contributed by atoms with Crippen molar-refractivity contribution in [1.82, 2.24) is 0 Å². The third kappa shape index (κ3) is 3.77. The topological polar surface area (TPSA) is 87.6 Å². The number of carbonyl (C=O) groups is 1. The SMILES string of the molecule is COC(=O)CCCC[C@@H]1OC[C@H](N)[C@@H]1N. The molecular formula is C10H20N2O3. The van der Waals surface area contributed by atoms with E-state index in [-0.39, 0.29) is 24.2 Å². The van der Waals surface area contributed by atoms with Crippen LogP contribution in [0.5, 0.6) is 0 Å². The van der Waals surface area contributed by atoms with Crippen LogP contribution in [0.15, 0.2) is 0 Å². The Balaban J connectivity index is 2.08. The van der Waals surface area contributed by atoms with Crippen molar-refractivity contribution in [3.05, 3.63) is 0 Å². The zero-order valence-corrected chi connectivity index (χ0v) is 9.15. The molecule has 0 bridgehead atoms. The van der Waals surface area contributed by atoms with E-state index in [1.165, 1.54) is 7.11 Å². The molecule has 1 aliphatic heterocycles. The highest BCUT2D eigenvalue weighted by atomic mass is 16.5. The lowest BCUT2D eigenvalue weighted by Crippen LogP contribution is -2.43. The standard InChI is InChI=1S/C10H20N2O3/c1-14-9(13)5-3-2-4-8-10(12)7(11)6-15-8/h7-8,10H,2-6,11-12H2,1H3/t7-,8-,10-/m0/s1. The van der Waals surface area contributed by atoms with Gasteiger partial charge in [0.25, 0.3) is 0 Å². The minimum Gasteiger partial charge on any atom is -0.469 e. The highest BCUT2D eigenvalue weighted by molar-refractivity contribution is 5.68. The van der Waals surface area contributed by atoms with Crippen LogP contribution in [0.4, 0.5) is 0 Å². The Bertz CT molecular complexity index is 211. The summed E-state index contributed by atoms with van der Waals surface area (Å²) in [6.07, 6.45) is 3.11. The molecule has 0 aliphatic carbocycles. The summed E-state index contributed by atoms with van der Waals surface area (Å²) in [5.74, 6) is -0.164. The molecule has 1 rings (SSSR count). The fourth-order valence-corrected chi connectivity index (χ4v) is 1.73. The van der Waals surface area contributed by atoms with Gasteiger partial charge in [0.1, 0.15) is 0 Å². The maximum Gasteiger partial charge on any atom is 0.305 e. The van der Waals surface area contributed by atoms with Crippen LogP contribution >= 0.6 is 0 Å². The summed E-state index contributed by atoms with van der Waals surface area (Å²) < 4.78 is 9.99. The number of methoxy groups -OCH3 is 1. The van der Waals surface area contributed by atoms with Crippen LogP contribution in [-0.2, 0) is 14.3 Å². The van der Waals surface area contributed by atoms with Gasteiger partial charge in [-0.05, 0) is 12.8 Å². The first-order valence-electron chi connectivity index (χ1n) is 5.34. The summed E-state index contributed by atoms with van der Waals surface area (Å²) in [6, 6.07) is -0.112. The van der Waals surface area contributed by atoms with Crippen LogP contribution in [-0.4, -0.2) is 37.9 Å². The van der Waals surface area contributed by atoms with E-state index < -0.39 is 0 Å². The van der Waals surface area contributed by atoms with Crippen LogP contribution < -0.4 is 11.5 Å². The lowest BCUT2D eigenvalue weighted by atomic mass is 10.0. The first-order chi connectivity index (χ1) is 7.15. The number of carbonyl (C=O) groups excluding carboxylic acids is 1. The van der Waals surface area contributed by atoms with E-state index in [9.17, 15) is 4.79 Å². The van der Waals surface area contributed by atoms with Crippen molar-refractivity contribution in [3.63, 3.8) is 0 Å². The van der Waals surface area contributed by atoms with Crippen molar-refractivity contribution in [3.8, 4) is 0 Å². The van der Waals surface area contributed by atoms with E-state index in [1.807, 2.05) is 0 Å². The van der Waals surface area contributed by atoms with Gasteiger partial charge in [0.05, 0.1) is 19.8 Å². The predicted octanol–water partition coefficient (Wildman–Crippen LogP) is -0.227. The van der Waals surface area contributed by atoms with E-state index in [0.29, 0.717) is 13.0 Å². The van der Waals surface area contributed by atoms with Crippen molar-refractivity contribution in [2.45, 2.75) is 43.9 Å². The lowest BCUT2D eigenvalue weighted by molar-refractivity contribution is -0.140. The third-order valence-electron chi connectivity index (χ3n) is 2.77. The molecule has 1 heterocycles. The lowest BCUT2D eigenvalue weighted by Gasteiger charge is -2.15. The van der Waals surface area contributed by atoms with E-state index in [2.05, 4.69) is 4.74 Å². The average Bonchev–Trinajstić information content (AvgIpc) is 2.55. The average molecular weight is 216 g/mol. The van der Waals surface area contributed by atoms with Crippen LogP contribution in [0.25, 0.3) is 0 Å². The van der Waals surface area contributed by atoms with E-state index in [1.54, 1.807) is 0 Å². The van der Waals surface area contributed by atoms with Crippen molar-refractivity contribution in [1.29, 1.82) is 0 Å². The summed E-state index contributed by atoms with van der Waals surface area (Å²) >= 11 is 0. The van der Waals surface area contributed by atoms with Gasteiger partial charge < -0.3 is 20.9 Å². The van der Waals surface area contributed by atoms with Crippen molar-refractivity contribution < 1.29 is 14.3 Å². The maximum absolute atomic E-state index is 10.8. The Morgan fingerprint density at radius 2 is 2.20 bits per heavy atom. The van der Waals surface area contributed by atoms with Gasteiger partial charge >= 0.3 is 5.97 Å². The molecule has 0 radical (unpaired) electrons. The molecule has 0 unspecified atom stereocenters. The van der Waals surface area contributed by atoms with Crippen LogP contribution in [0.3, 0.4) is 0 Å². The molecule has 0 aromatic heterocycles. The molecule has 0 saturated carbocycles. The number of ether oxygens (including phenoxy) is 2. The minimum atomic E-state index is -0.164. The van der Waals surface area contributed by atoms with E-state index >= 15 is 0 Å². The van der Waals surface area contributed by atoms with Crippen molar-refractivity contribution in [2.24, 2.45) is 11.5 Å². The number of esters is 1. The molecule has 1 fully saturated rings. The normalized spacial score (nSPS) is 30.5. The molecule has 0 aromatic carbocycles. The second-order valence-corrected chi connectivity index (χ2v) is 3.93. The summed E-state index contributed by atoms with van der Waals surface area (Å²) in [5, 5.41) is 0. The Morgan fingerprint density at radius 3 is 2.73 bits per heavy atom. The zero-order chi connectivity index (χ0) is 11.3. The van der Waals surface area contributed by atoms with Gasteiger partial charge in [0.2, 0.25) is 0 Å². The van der Waals surface area contributed by atoms with E-state index in [0.717, 1.165) is 19.3 Å². The first kappa shape index (κ1) is 12.4. The Hall–Kier alpha value is -0.650. The van der Waals surface area contributed by atoms with Gasteiger partial charge in [-0.25, -0.2) is 0 Å². The van der Waals surface area contributed by atoms with Crippen LogP contribution in [0.2, 0.25) is 0 Å². The van der Waals surface area contributed by atoms with Crippen molar-refractivity contribution >= 4 is 5.97 Å². The van der Waals surface area contributed by atoms with Crippen LogP contribution in [0, 0.1) is 0 Å². The van der Waals surface area contributed by atoms with Gasteiger partial charge in [-0.1, -0.05) is 6.42 Å². The quantitative estimate of drug-likeness (QED) is 0.490. The third-order valence-corrected chi connectivity index (χ3v) is 2.77. The molecule has 5 heteroatoms. The number of hydrogen-bond acceptors (Lipinski definition) is 5. The predicted molar refractivity (Wildman–Crippen MR) is 56.2 cm³/mol. The first-order valence-corrected chi connectivity index (χ1v) is 5.34. The van der Waals surface area contributed by atoms with Gasteiger partial charge in [-0.3, -0.25) is 4.79 Å². The molecule has 0 spiro atoms. The zero-order valence-electron chi connectivity index (χ0n) is 9.15. The fourth-order valence-electron chi connectivity index (χ4n) is 1.73. The molecular weight excluding hydrogens is 196 g/mol. The molecule has 88 valence electrons. The molecule has 1 saturated heterocycles. The monoisotopic (exact) mass is 216 g/mol. The van der Waals surface area contributed by atoms with Gasteiger partial charge in [-0.2, -0.15) is 0 Å². The fraction of sp³-hybridized carbons (Fsp3) is 0.900. The molecule has 3 atom stereocenters. The molecule has 0 amide bonds. The number of nitrogens with two attached hydrogens (primary N) is 2. The number of rotatable bonds is 5. The smallest absolute Gasteiger partial charge is 0.305 e. The van der Waals surface area contributed by atoms with Gasteiger partial charge in [0, 0.05) is 18.5 Å².